The van der Waals surface area contributed by atoms with E-state index in [0.717, 1.165) is 5.69 Å². The summed E-state index contributed by atoms with van der Waals surface area (Å²) >= 11 is 6.62. The molecule has 2 saturated heterocycles. The monoisotopic (exact) mass is 421 g/mol. The predicted octanol–water partition coefficient (Wildman–Crippen LogP) is 2.33. The number of thioether (sulfide) groups is 1. The molecule has 0 atom stereocenters. The van der Waals surface area contributed by atoms with Gasteiger partial charge < -0.3 is 14.6 Å². The number of rotatable bonds is 6. The molecule has 1 aromatic heterocycles. The van der Waals surface area contributed by atoms with Crippen LogP contribution >= 0.6 is 24.0 Å². The van der Waals surface area contributed by atoms with E-state index >= 15 is 0 Å². The molecular formula is C19H23N3O4S2. The fourth-order valence-corrected chi connectivity index (χ4v) is 4.67. The van der Waals surface area contributed by atoms with Gasteiger partial charge in [0.15, 0.2) is 0 Å². The molecule has 1 aromatic rings. The minimum Gasteiger partial charge on any atom is -0.481 e. The fourth-order valence-electron chi connectivity index (χ4n) is 3.37. The molecule has 2 amide bonds. The van der Waals surface area contributed by atoms with Crippen molar-refractivity contribution in [3.8, 4) is 0 Å². The van der Waals surface area contributed by atoms with Crippen molar-refractivity contribution in [3.05, 3.63) is 28.9 Å². The Labute approximate surface area is 173 Å². The molecule has 0 spiro atoms. The number of piperidine rings is 1. The van der Waals surface area contributed by atoms with Gasteiger partial charge in [-0.15, -0.1) is 0 Å². The Morgan fingerprint density at radius 3 is 2.68 bits per heavy atom. The lowest BCUT2D eigenvalue weighted by molar-refractivity contribution is -0.145. The highest BCUT2D eigenvalue weighted by Gasteiger charge is 2.32. The number of amides is 2. The number of carboxylic acids is 1. The van der Waals surface area contributed by atoms with Crippen LogP contribution in [0.4, 0.5) is 0 Å². The van der Waals surface area contributed by atoms with E-state index in [0.29, 0.717) is 54.5 Å². The summed E-state index contributed by atoms with van der Waals surface area (Å²) in [4.78, 5) is 39.8. The minimum absolute atomic E-state index is 0.00799. The fraction of sp³-hybridized carbons (Fsp3) is 0.474. The van der Waals surface area contributed by atoms with Crippen LogP contribution < -0.4 is 0 Å². The lowest BCUT2D eigenvalue weighted by atomic mass is 9.97. The van der Waals surface area contributed by atoms with Crippen LogP contribution in [0.3, 0.4) is 0 Å². The Morgan fingerprint density at radius 2 is 2.07 bits per heavy atom. The van der Waals surface area contributed by atoms with E-state index in [-0.39, 0.29) is 17.7 Å². The van der Waals surface area contributed by atoms with Gasteiger partial charge in [0.25, 0.3) is 5.91 Å². The highest BCUT2D eigenvalue weighted by molar-refractivity contribution is 8.26. The Balaban J connectivity index is 1.48. The first kappa shape index (κ1) is 20.6. The molecule has 0 unspecified atom stereocenters. The smallest absolute Gasteiger partial charge is 0.306 e. The molecule has 2 fully saturated rings. The number of aliphatic carboxylic acids is 1. The molecule has 0 saturated carbocycles. The van der Waals surface area contributed by atoms with Crippen molar-refractivity contribution in [2.45, 2.75) is 25.7 Å². The zero-order valence-electron chi connectivity index (χ0n) is 15.7. The molecule has 7 nitrogen and oxygen atoms in total. The van der Waals surface area contributed by atoms with Crippen molar-refractivity contribution in [3.63, 3.8) is 0 Å². The summed E-state index contributed by atoms with van der Waals surface area (Å²) in [6.45, 7) is 1.37. The van der Waals surface area contributed by atoms with Crippen LogP contribution in [0.5, 0.6) is 0 Å². The second-order valence-electron chi connectivity index (χ2n) is 6.97. The third kappa shape index (κ3) is 4.64. The lowest BCUT2D eigenvalue weighted by Crippen LogP contribution is -2.40. The Hall–Kier alpha value is -2.13. The molecule has 0 aliphatic carbocycles. The van der Waals surface area contributed by atoms with Gasteiger partial charge >= 0.3 is 5.97 Å². The van der Waals surface area contributed by atoms with E-state index in [9.17, 15) is 14.4 Å². The van der Waals surface area contributed by atoms with Crippen LogP contribution in [0.15, 0.2) is 23.2 Å². The maximum absolute atomic E-state index is 12.6. The van der Waals surface area contributed by atoms with Crippen LogP contribution in [0.25, 0.3) is 6.08 Å². The summed E-state index contributed by atoms with van der Waals surface area (Å²) in [6.07, 6.45) is 5.60. The molecule has 3 heterocycles. The number of thiocarbonyl (C=S) groups is 1. The molecule has 0 bridgehead atoms. The normalized spacial score (nSPS) is 19.7. The lowest BCUT2D eigenvalue weighted by Gasteiger charge is -2.30. The standard InChI is InChI=1S/C19H23N3O4S2/c1-20-8-2-4-14(20)12-15-17(24)22(19(27)28-15)9-3-5-16(23)21-10-6-13(7-11-21)18(25)26/h2,4,8,12-13H,3,5-7,9-11H2,1H3,(H,25,26). The number of hydrogen-bond donors (Lipinski definition) is 1. The van der Waals surface area contributed by atoms with Gasteiger partial charge in [0.05, 0.1) is 10.8 Å². The second kappa shape index (κ2) is 8.91. The minimum atomic E-state index is -0.787. The van der Waals surface area contributed by atoms with Crippen molar-refractivity contribution in [2.24, 2.45) is 13.0 Å². The Morgan fingerprint density at radius 1 is 1.36 bits per heavy atom. The van der Waals surface area contributed by atoms with Crippen molar-refractivity contribution >= 4 is 52.2 Å². The molecule has 9 heteroatoms. The van der Waals surface area contributed by atoms with Gasteiger partial charge in [0, 0.05) is 45.0 Å². The van der Waals surface area contributed by atoms with E-state index in [1.165, 1.54) is 11.8 Å². The van der Waals surface area contributed by atoms with Gasteiger partial charge in [0.2, 0.25) is 5.91 Å². The van der Waals surface area contributed by atoms with Crippen LogP contribution in [0.1, 0.15) is 31.4 Å². The number of carboxylic acid groups (broad SMARTS) is 1. The summed E-state index contributed by atoms with van der Waals surface area (Å²) in [7, 11) is 1.91. The molecule has 3 rings (SSSR count). The first-order valence-electron chi connectivity index (χ1n) is 9.24. The van der Waals surface area contributed by atoms with Crippen molar-refractivity contribution in [1.82, 2.24) is 14.4 Å². The SMILES string of the molecule is Cn1cccc1C=C1SC(=S)N(CCCC(=O)N2CCC(C(=O)O)CC2)C1=O. The van der Waals surface area contributed by atoms with E-state index in [4.69, 9.17) is 17.3 Å². The summed E-state index contributed by atoms with van der Waals surface area (Å²) < 4.78 is 2.44. The number of likely N-dealkylation sites (tertiary alicyclic amines) is 1. The molecule has 150 valence electrons. The van der Waals surface area contributed by atoms with E-state index in [1.54, 1.807) is 9.80 Å². The van der Waals surface area contributed by atoms with E-state index in [2.05, 4.69) is 0 Å². The third-order valence-corrected chi connectivity index (χ3v) is 6.48. The summed E-state index contributed by atoms with van der Waals surface area (Å²) in [5, 5.41) is 9.03. The summed E-state index contributed by atoms with van der Waals surface area (Å²) in [5.41, 5.74) is 0.931. The van der Waals surface area contributed by atoms with Crippen LogP contribution in [-0.2, 0) is 21.4 Å². The molecule has 0 aromatic carbocycles. The van der Waals surface area contributed by atoms with Gasteiger partial charge in [0.1, 0.15) is 4.32 Å². The third-order valence-electron chi connectivity index (χ3n) is 5.11. The number of nitrogens with zero attached hydrogens (tertiary/aromatic N) is 3. The Kier molecular flexibility index (Phi) is 6.56. The van der Waals surface area contributed by atoms with Gasteiger partial charge in [-0.05, 0) is 37.5 Å². The summed E-state index contributed by atoms with van der Waals surface area (Å²) in [6, 6.07) is 3.84. The second-order valence-corrected chi connectivity index (χ2v) is 8.65. The van der Waals surface area contributed by atoms with Gasteiger partial charge in [-0.25, -0.2) is 0 Å². The molecule has 0 radical (unpaired) electrons. The first-order valence-corrected chi connectivity index (χ1v) is 10.5. The van der Waals surface area contributed by atoms with E-state index < -0.39 is 5.97 Å². The van der Waals surface area contributed by atoms with Gasteiger partial charge in [-0.3, -0.25) is 19.3 Å². The molecule has 2 aliphatic rings. The predicted molar refractivity (Wildman–Crippen MR) is 111 cm³/mol. The maximum Gasteiger partial charge on any atom is 0.306 e. The largest absolute Gasteiger partial charge is 0.481 e. The van der Waals surface area contributed by atoms with Crippen molar-refractivity contribution in [1.29, 1.82) is 0 Å². The quantitative estimate of drug-likeness (QED) is 0.561. The van der Waals surface area contributed by atoms with E-state index in [1.807, 2.05) is 36.0 Å². The molecule has 2 aliphatic heterocycles. The van der Waals surface area contributed by atoms with Crippen LogP contribution in [-0.4, -0.2) is 61.2 Å². The molecule has 28 heavy (non-hydrogen) atoms. The number of aryl methyl sites for hydroxylation is 1. The first-order chi connectivity index (χ1) is 13.4. The Bertz CT molecular complexity index is 825. The van der Waals surface area contributed by atoms with Crippen LogP contribution in [0, 0.1) is 5.92 Å². The highest BCUT2D eigenvalue weighted by atomic mass is 32.2. The zero-order valence-corrected chi connectivity index (χ0v) is 17.3. The van der Waals surface area contributed by atoms with Gasteiger partial charge in [-0.2, -0.15) is 0 Å². The zero-order chi connectivity index (χ0) is 20.3. The molecule has 1 N–H and O–H groups in total. The van der Waals surface area contributed by atoms with Crippen LogP contribution in [0.2, 0.25) is 0 Å². The average molecular weight is 422 g/mol. The topological polar surface area (TPSA) is 82.8 Å². The number of carbonyl (C=O) groups is 3. The maximum atomic E-state index is 12.6. The van der Waals surface area contributed by atoms with Gasteiger partial charge in [-0.1, -0.05) is 24.0 Å². The highest BCUT2D eigenvalue weighted by Crippen LogP contribution is 2.32. The number of carbonyl (C=O) groups excluding carboxylic acids is 2. The average Bonchev–Trinajstić information content (AvgIpc) is 3.19. The number of hydrogen-bond acceptors (Lipinski definition) is 5. The summed E-state index contributed by atoms with van der Waals surface area (Å²) in [5.74, 6) is -1.25. The molecular weight excluding hydrogens is 398 g/mol. The van der Waals surface area contributed by atoms with Crippen molar-refractivity contribution < 1.29 is 19.5 Å². The number of aromatic nitrogens is 1. The van der Waals surface area contributed by atoms with Crippen molar-refractivity contribution in [2.75, 3.05) is 19.6 Å².